The van der Waals surface area contributed by atoms with Crippen LogP contribution in [0.4, 0.5) is 17.5 Å². The molecule has 4 N–H and O–H groups in total. The van der Waals surface area contributed by atoms with E-state index in [9.17, 15) is 4.79 Å². The summed E-state index contributed by atoms with van der Waals surface area (Å²) < 4.78 is 0. The molecular weight excluding hydrogens is 232 g/mol. The van der Waals surface area contributed by atoms with Crippen LogP contribution in [0.2, 0.25) is 0 Å². The Kier molecular flexibility index (Phi) is 3.09. The number of nitrogens with one attached hydrogen (secondary N) is 1. The summed E-state index contributed by atoms with van der Waals surface area (Å²) in [7, 11) is 0. The molecule has 0 radical (unpaired) electrons. The molecule has 0 aliphatic carbocycles. The van der Waals surface area contributed by atoms with Crippen LogP contribution in [-0.4, -0.2) is 21.0 Å². The molecular formula is C12H12N4O2. The van der Waals surface area contributed by atoms with Crippen molar-refractivity contribution in [1.29, 1.82) is 0 Å². The highest BCUT2D eigenvalue weighted by Crippen LogP contribution is 2.16. The van der Waals surface area contributed by atoms with Crippen molar-refractivity contribution in [2.24, 2.45) is 0 Å². The summed E-state index contributed by atoms with van der Waals surface area (Å²) in [5.41, 5.74) is 7.13. The highest BCUT2D eigenvalue weighted by atomic mass is 16.4. The molecule has 0 saturated heterocycles. The van der Waals surface area contributed by atoms with E-state index in [1.165, 1.54) is 12.1 Å². The summed E-state index contributed by atoms with van der Waals surface area (Å²) in [6.07, 6.45) is 0. The fraction of sp³-hybridized carbons (Fsp3) is 0.0833. The van der Waals surface area contributed by atoms with Crippen LogP contribution in [0.3, 0.4) is 0 Å². The first-order valence-corrected chi connectivity index (χ1v) is 5.26. The van der Waals surface area contributed by atoms with E-state index in [1.54, 1.807) is 25.1 Å². The largest absolute Gasteiger partial charge is 0.478 e. The van der Waals surface area contributed by atoms with E-state index in [-0.39, 0.29) is 5.56 Å². The second kappa shape index (κ2) is 4.70. The molecule has 1 aromatic heterocycles. The summed E-state index contributed by atoms with van der Waals surface area (Å²) in [5.74, 6) is -0.280. The Morgan fingerprint density at radius 2 is 2.11 bits per heavy atom. The van der Waals surface area contributed by atoms with Crippen LogP contribution in [0, 0.1) is 6.92 Å². The standard InChI is InChI=1S/C12H12N4O2/c1-7-5-10(13)16-12(14-7)15-9-4-2-3-8(6-9)11(17)18/h2-6H,1H3,(H,17,18)(H3,13,14,15,16). The van der Waals surface area contributed by atoms with Crippen LogP contribution in [0.5, 0.6) is 0 Å². The minimum Gasteiger partial charge on any atom is -0.478 e. The number of anilines is 3. The van der Waals surface area contributed by atoms with E-state index in [0.29, 0.717) is 17.5 Å². The molecule has 0 aliphatic heterocycles. The third kappa shape index (κ3) is 2.73. The van der Waals surface area contributed by atoms with E-state index in [2.05, 4.69) is 15.3 Å². The van der Waals surface area contributed by atoms with Crippen molar-refractivity contribution in [2.45, 2.75) is 6.92 Å². The van der Waals surface area contributed by atoms with Gasteiger partial charge in [-0.25, -0.2) is 9.78 Å². The van der Waals surface area contributed by atoms with Crippen LogP contribution in [0.15, 0.2) is 30.3 Å². The monoisotopic (exact) mass is 244 g/mol. The van der Waals surface area contributed by atoms with Gasteiger partial charge >= 0.3 is 5.97 Å². The summed E-state index contributed by atoms with van der Waals surface area (Å²) in [6, 6.07) is 8.04. The van der Waals surface area contributed by atoms with Gasteiger partial charge < -0.3 is 16.2 Å². The summed E-state index contributed by atoms with van der Waals surface area (Å²) in [6.45, 7) is 1.80. The number of carbonyl (C=O) groups is 1. The van der Waals surface area contributed by atoms with Crippen molar-refractivity contribution in [2.75, 3.05) is 11.1 Å². The maximum absolute atomic E-state index is 10.8. The van der Waals surface area contributed by atoms with Gasteiger partial charge in [0.1, 0.15) is 5.82 Å². The van der Waals surface area contributed by atoms with E-state index in [0.717, 1.165) is 5.69 Å². The van der Waals surface area contributed by atoms with Crippen molar-refractivity contribution < 1.29 is 9.90 Å². The summed E-state index contributed by atoms with van der Waals surface area (Å²) in [5, 5.41) is 11.8. The molecule has 92 valence electrons. The maximum atomic E-state index is 10.8. The van der Waals surface area contributed by atoms with Gasteiger partial charge in [-0.05, 0) is 25.1 Å². The van der Waals surface area contributed by atoms with E-state index < -0.39 is 5.97 Å². The van der Waals surface area contributed by atoms with Crippen molar-refractivity contribution in [3.63, 3.8) is 0 Å². The van der Waals surface area contributed by atoms with Crippen LogP contribution < -0.4 is 11.1 Å². The zero-order chi connectivity index (χ0) is 13.1. The lowest BCUT2D eigenvalue weighted by Crippen LogP contribution is -2.03. The first kappa shape index (κ1) is 11.8. The summed E-state index contributed by atoms with van der Waals surface area (Å²) in [4.78, 5) is 19.0. The zero-order valence-electron chi connectivity index (χ0n) is 9.71. The number of aromatic nitrogens is 2. The molecule has 0 aliphatic rings. The molecule has 0 bridgehead atoms. The van der Waals surface area contributed by atoms with Crippen LogP contribution in [0.25, 0.3) is 0 Å². The van der Waals surface area contributed by atoms with E-state index in [4.69, 9.17) is 10.8 Å². The number of carboxylic acids is 1. The van der Waals surface area contributed by atoms with E-state index in [1.807, 2.05) is 0 Å². The predicted molar refractivity (Wildman–Crippen MR) is 67.9 cm³/mol. The number of nitrogen functional groups attached to an aromatic ring is 1. The molecule has 2 aromatic rings. The number of aromatic carboxylic acids is 1. The van der Waals surface area contributed by atoms with Gasteiger partial charge in [-0.2, -0.15) is 4.98 Å². The normalized spacial score (nSPS) is 10.1. The molecule has 6 heteroatoms. The number of aryl methyl sites for hydroxylation is 1. The maximum Gasteiger partial charge on any atom is 0.335 e. The van der Waals surface area contributed by atoms with Crippen molar-refractivity contribution in [3.05, 3.63) is 41.6 Å². The van der Waals surface area contributed by atoms with Crippen molar-refractivity contribution in [1.82, 2.24) is 9.97 Å². The van der Waals surface area contributed by atoms with Gasteiger partial charge in [0, 0.05) is 17.4 Å². The molecule has 0 spiro atoms. The quantitative estimate of drug-likeness (QED) is 0.761. The molecule has 1 heterocycles. The van der Waals surface area contributed by atoms with Gasteiger partial charge in [-0.3, -0.25) is 0 Å². The van der Waals surface area contributed by atoms with Gasteiger partial charge in [0.2, 0.25) is 5.95 Å². The molecule has 1 aromatic carbocycles. The van der Waals surface area contributed by atoms with Crippen LogP contribution in [-0.2, 0) is 0 Å². The average Bonchev–Trinajstić information content (AvgIpc) is 2.27. The molecule has 6 nitrogen and oxygen atoms in total. The van der Waals surface area contributed by atoms with Crippen LogP contribution >= 0.6 is 0 Å². The minimum absolute atomic E-state index is 0.195. The fourth-order valence-electron chi connectivity index (χ4n) is 1.51. The molecule has 18 heavy (non-hydrogen) atoms. The van der Waals surface area contributed by atoms with Crippen molar-refractivity contribution >= 4 is 23.4 Å². The second-order valence-electron chi connectivity index (χ2n) is 3.77. The highest BCUT2D eigenvalue weighted by Gasteiger charge is 2.05. The predicted octanol–water partition coefficient (Wildman–Crippen LogP) is 1.81. The molecule has 0 unspecified atom stereocenters. The van der Waals surface area contributed by atoms with Gasteiger partial charge in [-0.15, -0.1) is 0 Å². The number of carboxylic acid groups (broad SMARTS) is 1. The number of hydrogen-bond acceptors (Lipinski definition) is 5. The summed E-state index contributed by atoms with van der Waals surface area (Å²) >= 11 is 0. The molecule has 0 fully saturated rings. The Morgan fingerprint density at radius 1 is 1.33 bits per heavy atom. The van der Waals surface area contributed by atoms with Crippen LogP contribution in [0.1, 0.15) is 16.1 Å². The zero-order valence-corrected chi connectivity index (χ0v) is 9.71. The lowest BCUT2D eigenvalue weighted by Gasteiger charge is -2.06. The SMILES string of the molecule is Cc1cc(N)nc(Nc2cccc(C(=O)O)c2)n1. The Morgan fingerprint density at radius 3 is 2.78 bits per heavy atom. The molecule has 2 rings (SSSR count). The molecule has 0 saturated carbocycles. The first-order chi connectivity index (χ1) is 8.54. The number of hydrogen-bond donors (Lipinski definition) is 3. The average molecular weight is 244 g/mol. The fourth-order valence-corrected chi connectivity index (χ4v) is 1.51. The smallest absolute Gasteiger partial charge is 0.335 e. The second-order valence-corrected chi connectivity index (χ2v) is 3.77. The third-order valence-electron chi connectivity index (χ3n) is 2.24. The number of nitrogens with zero attached hydrogens (tertiary/aromatic N) is 2. The van der Waals surface area contributed by atoms with Gasteiger partial charge in [-0.1, -0.05) is 6.07 Å². The van der Waals surface area contributed by atoms with Gasteiger partial charge in [0.25, 0.3) is 0 Å². The minimum atomic E-state index is -0.983. The number of rotatable bonds is 3. The highest BCUT2D eigenvalue weighted by molar-refractivity contribution is 5.88. The number of nitrogens with two attached hydrogens (primary N) is 1. The number of benzene rings is 1. The van der Waals surface area contributed by atoms with Gasteiger partial charge in [0.05, 0.1) is 5.56 Å². The lowest BCUT2D eigenvalue weighted by atomic mass is 10.2. The topological polar surface area (TPSA) is 101 Å². The molecule has 0 atom stereocenters. The first-order valence-electron chi connectivity index (χ1n) is 5.26. The Labute approximate surface area is 104 Å². The molecule has 0 amide bonds. The van der Waals surface area contributed by atoms with Crippen molar-refractivity contribution in [3.8, 4) is 0 Å². The Hall–Kier alpha value is -2.63. The Bertz CT molecular complexity index is 578. The lowest BCUT2D eigenvalue weighted by molar-refractivity contribution is 0.0697. The van der Waals surface area contributed by atoms with Gasteiger partial charge in [0.15, 0.2) is 0 Å². The Balaban J connectivity index is 2.28. The van der Waals surface area contributed by atoms with E-state index >= 15 is 0 Å². The third-order valence-corrected chi connectivity index (χ3v) is 2.24.